The Bertz CT molecular complexity index is 921. The number of amides is 2. The summed E-state index contributed by atoms with van der Waals surface area (Å²) >= 11 is 0. The number of hydrogen-bond acceptors (Lipinski definition) is 5. The van der Waals surface area contributed by atoms with E-state index in [2.05, 4.69) is 25.8 Å². The van der Waals surface area contributed by atoms with Gasteiger partial charge in [0.05, 0.1) is 19.8 Å². The SMILES string of the molecule is CC(=O)Nc1ccc(C(=O)NC(=NCCN2CCOCC2)Nc2cccc(C)c2)cc1. The third-order valence-electron chi connectivity index (χ3n) is 4.77. The molecule has 2 aromatic rings. The van der Waals surface area contributed by atoms with Crippen molar-refractivity contribution in [2.24, 2.45) is 4.99 Å². The van der Waals surface area contributed by atoms with Gasteiger partial charge in [-0.15, -0.1) is 0 Å². The van der Waals surface area contributed by atoms with Crippen molar-refractivity contribution in [1.82, 2.24) is 10.2 Å². The minimum absolute atomic E-state index is 0.158. The maximum atomic E-state index is 12.8. The quantitative estimate of drug-likeness (QED) is 0.490. The highest BCUT2D eigenvalue weighted by atomic mass is 16.5. The minimum atomic E-state index is -0.278. The van der Waals surface area contributed by atoms with Crippen LogP contribution < -0.4 is 16.0 Å². The number of anilines is 2. The number of hydrogen-bond donors (Lipinski definition) is 3. The molecule has 0 bridgehead atoms. The summed E-state index contributed by atoms with van der Waals surface area (Å²) in [6.45, 7) is 8.06. The van der Waals surface area contributed by atoms with Crippen LogP contribution in [-0.2, 0) is 9.53 Å². The molecular formula is C23H29N5O3. The monoisotopic (exact) mass is 423 g/mol. The molecule has 0 aromatic heterocycles. The molecule has 31 heavy (non-hydrogen) atoms. The van der Waals surface area contributed by atoms with Crippen LogP contribution in [0.25, 0.3) is 0 Å². The predicted molar refractivity (Wildman–Crippen MR) is 123 cm³/mol. The summed E-state index contributed by atoms with van der Waals surface area (Å²) in [4.78, 5) is 30.8. The van der Waals surface area contributed by atoms with Gasteiger partial charge in [0.25, 0.3) is 5.91 Å². The molecule has 1 fully saturated rings. The number of nitrogens with one attached hydrogen (secondary N) is 3. The van der Waals surface area contributed by atoms with E-state index in [9.17, 15) is 9.59 Å². The van der Waals surface area contributed by atoms with Gasteiger partial charge in [0.1, 0.15) is 0 Å². The van der Waals surface area contributed by atoms with E-state index in [0.717, 1.165) is 44.1 Å². The zero-order valence-electron chi connectivity index (χ0n) is 18.0. The van der Waals surface area contributed by atoms with Crippen molar-refractivity contribution in [3.63, 3.8) is 0 Å². The van der Waals surface area contributed by atoms with E-state index in [1.54, 1.807) is 24.3 Å². The van der Waals surface area contributed by atoms with Crippen LogP contribution in [0, 0.1) is 6.92 Å². The van der Waals surface area contributed by atoms with Gasteiger partial charge in [-0.3, -0.25) is 24.8 Å². The van der Waals surface area contributed by atoms with E-state index in [1.165, 1.54) is 6.92 Å². The zero-order chi connectivity index (χ0) is 22.1. The Balaban J connectivity index is 1.67. The van der Waals surface area contributed by atoms with Gasteiger partial charge in [0.15, 0.2) is 0 Å². The van der Waals surface area contributed by atoms with Crippen molar-refractivity contribution >= 4 is 29.1 Å². The van der Waals surface area contributed by atoms with Crippen molar-refractivity contribution in [2.75, 3.05) is 50.0 Å². The maximum Gasteiger partial charge on any atom is 0.257 e. The molecule has 1 aliphatic rings. The molecule has 1 heterocycles. The highest BCUT2D eigenvalue weighted by Gasteiger charge is 2.12. The zero-order valence-corrected chi connectivity index (χ0v) is 18.0. The summed E-state index contributed by atoms with van der Waals surface area (Å²) in [6.07, 6.45) is 0. The number of nitrogens with zero attached hydrogens (tertiary/aromatic N) is 2. The molecule has 0 unspecified atom stereocenters. The number of benzene rings is 2. The summed E-state index contributed by atoms with van der Waals surface area (Å²) in [7, 11) is 0. The lowest BCUT2D eigenvalue weighted by molar-refractivity contribution is -0.114. The number of guanidine groups is 1. The fraction of sp³-hybridized carbons (Fsp3) is 0.348. The van der Waals surface area contributed by atoms with E-state index in [0.29, 0.717) is 23.8 Å². The first-order chi connectivity index (χ1) is 15.0. The van der Waals surface area contributed by atoms with Crippen LogP contribution in [-0.4, -0.2) is 62.1 Å². The topological polar surface area (TPSA) is 95.1 Å². The first-order valence-corrected chi connectivity index (χ1v) is 10.4. The van der Waals surface area contributed by atoms with Gasteiger partial charge >= 0.3 is 0 Å². The molecule has 8 heteroatoms. The molecule has 2 aromatic carbocycles. The van der Waals surface area contributed by atoms with Crippen molar-refractivity contribution in [2.45, 2.75) is 13.8 Å². The van der Waals surface area contributed by atoms with Crippen LogP contribution in [0.3, 0.4) is 0 Å². The molecule has 0 radical (unpaired) electrons. The Morgan fingerprint density at radius 2 is 1.77 bits per heavy atom. The lowest BCUT2D eigenvalue weighted by atomic mass is 10.2. The largest absolute Gasteiger partial charge is 0.379 e. The molecule has 0 spiro atoms. The van der Waals surface area contributed by atoms with E-state index in [1.807, 2.05) is 31.2 Å². The third-order valence-corrected chi connectivity index (χ3v) is 4.77. The molecule has 0 saturated carbocycles. The van der Waals surface area contributed by atoms with Crippen molar-refractivity contribution in [1.29, 1.82) is 0 Å². The molecule has 8 nitrogen and oxygen atoms in total. The van der Waals surface area contributed by atoms with Crippen molar-refractivity contribution < 1.29 is 14.3 Å². The number of carbonyl (C=O) groups is 2. The highest BCUT2D eigenvalue weighted by Crippen LogP contribution is 2.11. The Morgan fingerprint density at radius 1 is 1.03 bits per heavy atom. The number of ether oxygens (including phenoxy) is 1. The van der Waals surface area contributed by atoms with Crippen molar-refractivity contribution in [3.8, 4) is 0 Å². The van der Waals surface area contributed by atoms with Crippen LogP contribution in [0.1, 0.15) is 22.8 Å². The van der Waals surface area contributed by atoms with Crippen LogP contribution >= 0.6 is 0 Å². The summed E-state index contributed by atoms with van der Waals surface area (Å²) < 4.78 is 5.38. The Hall–Kier alpha value is -3.23. The maximum absolute atomic E-state index is 12.8. The molecule has 1 saturated heterocycles. The van der Waals surface area contributed by atoms with Crippen LogP contribution in [0.15, 0.2) is 53.5 Å². The number of aliphatic imine (C=N–C) groups is 1. The molecule has 3 rings (SSSR count). The summed E-state index contributed by atoms with van der Waals surface area (Å²) in [6, 6.07) is 14.6. The Kier molecular flexibility index (Phi) is 8.14. The Labute approximate surface area is 182 Å². The number of rotatable bonds is 6. The van der Waals surface area contributed by atoms with Crippen molar-refractivity contribution in [3.05, 3.63) is 59.7 Å². The smallest absolute Gasteiger partial charge is 0.257 e. The number of aryl methyl sites for hydroxylation is 1. The van der Waals surface area contributed by atoms with Gasteiger partial charge in [0.2, 0.25) is 11.9 Å². The normalized spacial score (nSPS) is 14.7. The lowest BCUT2D eigenvalue weighted by Crippen LogP contribution is -2.39. The van der Waals surface area contributed by atoms with Gasteiger partial charge in [-0.05, 0) is 48.9 Å². The summed E-state index contributed by atoms with van der Waals surface area (Å²) in [5, 5.41) is 8.77. The van der Waals surface area contributed by atoms with Gasteiger partial charge in [0, 0.05) is 43.5 Å². The van der Waals surface area contributed by atoms with Gasteiger partial charge in [-0.2, -0.15) is 0 Å². The fourth-order valence-corrected chi connectivity index (χ4v) is 3.19. The van der Waals surface area contributed by atoms with E-state index >= 15 is 0 Å². The first kappa shape index (κ1) is 22.5. The van der Waals surface area contributed by atoms with E-state index in [-0.39, 0.29) is 11.8 Å². The second-order valence-corrected chi connectivity index (χ2v) is 7.39. The summed E-state index contributed by atoms with van der Waals surface area (Å²) in [5.74, 6) is -0.0382. The standard InChI is InChI=1S/C23H29N5O3/c1-17-4-3-5-21(16-17)26-23(24-10-11-28-12-14-31-15-13-28)27-22(30)19-6-8-20(9-7-19)25-18(2)29/h3-9,16H,10-15H2,1-2H3,(H,25,29)(H2,24,26,27,30). The molecule has 164 valence electrons. The first-order valence-electron chi connectivity index (χ1n) is 10.4. The van der Waals surface area contributed by atoms with Crippen LogP contribution in [0.5, 0.6) is 0 Å². The predicted octanol–water partition coefficient (Wildman–Crippen LogP) is 2.48. The molecular weight excluding hydrogens is 394 g/mol. The molecule has 3 N–H and O–H groups in total. The van der Waals surface area contributed by atoms with Crippen LogP contribution in [0.4, 0.5) is 11.4 Å². The third kappa shape index (κ3) is 7.51. The van der Waals surface area contributed by atoms with E-state index < -0.39 is 0 Å². The second kappa shape index (κ2) is 11.2. The Morgan fingerprint density at radius 3 is 2.45 bits per heavy atom. The van der Waals surface area contributed by atoms with Crippen LogP contribution in [0.2, 0.25) is 0 Å². The fourth-order valence-electron chi connectivity index (χ4n) is 3.19. The highest BCUT2D eigenvalue weighted by molar-refractivity contribution is 6.10. The number of carbonyl (C=O) groups excluding carboxylic acids is 2. The lowest BCUT2D eigenvalue weighted by Gasteiger charge is -2.25. The number of morpholine rings is 1. The minimum Gasteiger partial charge on any atom is -0.379 e. The van der Waals surface area contributed by atoms with Gasteiger partial charge in [-0.1, -0.05) is 12.1 Å². The molecule has 0 aliphatic carbocycles. The second-order valence-electron chi connectivity index (χ2n) is 7.39. The van der Waals surface area contributed by atoms with E-state index in [4.69, 9.17) is 4.74 Å². The molecule has 2 amide bonds. The van der Waals surface area contributed by atoms with Gasteiger partial charge in [-0.25, -0.2) is 0 Å². The molecule has 1 aliphatic heterocycles. The van der Waals surface area contributed by atoms with Gasteiger partial charge < -0.3 is 15.4 Å². The summed E-state index contributed by atoms with van der Waals surface area (Å²) in [5.41, 5.74) is 3.08. The molecule has 0 atom stereocenters. The average Bonchev–Trinajstić information content (AvgIpc) is 2.74. The average molecular weight is 424 g/mol.